The fourth-order valence-corrected chi connectivity index (χ4v) is 4.85. The number of carbonyl (C=O) groups is 2. The van der Waals surface area contributed by atoms with Gasteiger partial charge in [-0.2, -0.15) is 0 Å². The third kappa shape index (κ3) is 4.21. The predicted octanol–water partition coefficient (Wildman–Crippen LogP) is 2.73. The molecule has 0 saturated heterocycles. The van der Waals surface area contributed by atoms with Gasteiger partial charge in [-0.3, -0.25) is 9.59 Å². The fourth-order valence-electron chi connectivity index (χ4n) is 4.85. The van der Waals surface area contributed by atoms with Crippen molar-refractivity contribution in [3.05, 3.63) is 41.0 Å². The highest BCUT2D eigenvalue weighted by molar-refractivity contribution is 6.08. The number of hydrogen-bond donors (Lipinski definition) is 1. The maximum absolute atomic E-state index is 13.3. The molecule has 2 aliphatic rings. The van der Waals surface area contributed by atoms with E-state index < -0.39 is 29.7 Å². The Labute approximate surface area is 207 Å². The van der Waals surface area contributed by atoms with E-state index in [0.29, 0.717) is 45.4 Å². The van der Waals surface area contributed by atoms with Crippen LogP contribution in [0.5, 0.6) is 28.7 Å². The van der Waals surface area contributed by atoms with E-state index in [1.165, 1.54) is 35.4 Å². The van der Waals surface area contributed by atoms with E-state index in [1.54, 1.807) is 24.3 Å². The van der Waals surface area contributed by atoms with Crippen molar-refractivity contribution >= 4 is 17.7 Å². The molecule has 1 aliphatic carbocycles. The van der Waals surface area contributed by atoms with E-state index in [9.17, 15) is 14.8 Å². The third-order valence-corrected chi connectivity index (χ3v) is 6.39. The van der Waals surface area contributed by atoms with Gasteiger partial charge in [-0.15, -0.1) is 0 Å². The SMILES string of the molecule is COC(=O)[C@H]1[C@H](c2cc(OC)c(OC)c(OC)c2)c2cc3c(cc2/C(=N/O)[C@H]1COC(C)=O)OCO3. The number of esters is 2. The minimum Gasteiger partial charge on any atom is -0.493 e. The highest BCUT2D eigenvalue weighted by Crippen LogP contribution is 2.51. The monoisotopic (exact) mass is 501 g/mol. The fraction of sp³-hybridized carbons (Fsp3) is 0.400. The van der Waals surface area contributed by atoms with Gasteiger partial charge in [0.05, 0.1) is 46.0 Å². The molecule has 0 saturated carbocycles. The molecule has 1 N–H and O–H groups in total. The smallest absolute Gasteiger partial charge is 0.310 e. The van der Waals surface area contributed by atoms with Gasteiger partial charge < -0.3 is 38.4 Å². The molecular weight excluding hydrogens is 474 g/mol. The van der Waals surface area contributed by atoms with Gasteiger partial charge >= 0.3 is 11.9 Å². The molecule has 2 aromatic rings. The van der Waals surface area contributed by atoms with Crippen LogP contribution in [-0.2, 0) is 19.1 Å². The zero-order valence-corrected chi connectivity index (χ0v) is 20.5. The number of carbonyl (C=O) groups excluding carboxylic acids is 2. The van der Waals surface area contributed by atoms with E-state index in [-0.39, 0.29) is 19.1 Å². The predicted molar refractivity (Wildman–Crippen MR) is 124 cm³/mol. The number of benzene rings is 2. The second-order valence-corrected chi connectivity index (χ2v) is 8.17. The normalized spacial score (nSPS) is 20.9. The number of methoxy groups -OCH3 is 4. The molecule has 3 atom stereocenters. The summed E-state index contributed by atoms with van der Waals surface area (Å²) in [6.07, 6.45) is 0. The molecule has 4 rings (SSSR count). The number of ether oxygens (including phenoxy) is 7. The van der Waals surface area contributed by atoms with Crippen LogP contribution in [0.25, 0.3) is 0 Å². The lowest BCUT2D eigenvalue weighted by Gasteiger charge is -2.38. The molecular formula is C25H27NO10. The zero-order valence-electron chi connectivity index (χ0n) is 20.5. The summed E-state index contributed by atoms with van der Waals surface area (Å²) in [6, 6.07) is 6.90. The number of hydrogen-bond acceptors (Lipinski definition) is 11. The Morgan fingerprint density at radius 2 is 1.64 bits per heavy atom. The van der Waals surface area contributed by atoms with Crippen molar-refractivity contribution in [2.75, 3.05) is 41.8 Å². The van der Waals surface area contributed by atoms with Crippen LogP contribution in [-0.4, -0.2) is 64.7 Å². The van der Waals surface area contributed by atoms with Gasteiger partial charge in [0.1, 0.15) is 6.61 Å². The van der Waals surface area contributed by atoms with E-state index in [4.69, 9.17) is 33.2 Å². The van der Waals surface area contributed by atoms with Crippen molar-refractivity contribution in [2.24, 2.45) is 17.0 Å². The number of fused-ring (bicyclic) bond motifs is 2. The first-order chi connectivity index (χ1) is 17.4. The topological polar surface area (TPSA) is 131 Å². The summed E-state index contributed by atoms with van der Waals surface area (Å²) in [4.78, 5) is 25.0. The first kappa shape index (κ1) is 25.0. The molecule has 0 fully saturated rings. The molecule has 0 radical (unpaired) electrons. The summed E-state index contributed by atoms with van der Waals surface area (Å²) in [6.45, 7) is 1.06. The first-order valence-electron chi connectivity index (χ1n) is 11.0. The summed E-state index contributed by atoms with van der Waals surface area (Å²) in [5.41, 5.74) is 1.92. The van der Waals surface area contributed by atoms with Crippen molar-refractivity contribution < 1.29 is 48.0 Å². The second kappa shape index (κ2) is 10.2. The Hall–Kier alpha value is -4.15. The molecule has 0 unspecified atom stereocenters. The average Bonchev–Trinajstić information content (AvgIpc) is 3.35. The highest BCUT2D eigenvalue weighted by Gasteiger charge is 2.48. The maximum Gasteiger partial charge on any atom is 0.310 e. The maximum atomic E-state index is 13.3. The lowest BCUT2D eigenvalue weighted by molar-refractivity contribution is -0.151. The van der Waals surface area contributed by atoms with Crippen LogP contribution in [0, 0.1) is 11.8 Å². The van der Waals surface area contributed by atoms with Crippen LogP contribution in [0.15, 0.2) is 29.4 Å². The molecule has 11 heteroatoms. The third-order valence-electron chi connectivity index (χ3n) is 6.39. The minimum atomic E-state index is -0.948. The van der Waals surface area contributed by atoms with Crippen molar-refractivity contribution in [1.29, 1.82) is 0 Å². The van der Waals surface area contributed by atoms with Gasteiger partial charge in [0.2, 0.25) is 12.5 Å². The first-order valence-corrected chi connectivity index (χ1v) is 11.0. The molecule has 192 valence electrons. The number of oxime groups is 1. The van der Waals surface area contributed by atoms with Gasteiger partial charge in [0.15, 0.2) is 23.0 Å². The van der Waals surface area contributed by atoms with E-state index in [1.807, 2.05) is 0 Å². The Morgan fingerprint density at radius 3 is 2.17 bits per heavy atom. The quantitative estimate of drug-likeness (QED) is 0.343. The van der Waals surface area contributed by atoms with Crippen molar-refractivity contribution in [2.45, 2.75) is 12.8 Å². The van der Waals surface area contributed by atoms with Crippen LogP contribution in [0.4, 0.5) is 0 Å². The summed E-state index contributed by atoms with van der Waals surface area (Å²) in [7, 11) is 5.74. The van der Waals surface area contributed by atoms with Gasteiger partial charge in [0, 0.05) is 18.4 Å². The lowest BCUT2D eigenvalue weighted by Crippen LogP contribution is -2.43. The zero-order chi connectivity index (χ0) is 26.0. The van der Waals surface area contributed by atoms with Gasteiger partial charge in [-0.25, -0.2) is 0 Å². The summed E-state index contributed by atoms with van der Waals surface area (Å²) >= 11 is 0. The minimum absolute atomic E-state index is 0.0238. The molecule has 0 aromatic heterocycles. The van der Waals surface area contributed by atoms with Crippen molar-refractivity contribution in [3.8, 4) is 28.7 Å². The Kier molecular flexibility index (Phi) is 7.09. The van der Waals surface area contributed by atoms with Crippen LogP contribution >= 0.6 is 0 Å². The molecule has 2 aromatic carbocycles. The van der Waals surface area contributed by atoms with Gasteiger partial charge in [0.25, 0.3) is 0 Å². The van der Waals surface area contributed by atoms with Crippen LogP contribution < -0.4 is 23.7 Å². The van der Waals surface area contributed by atoms with E-state index in [0.717, 1.165) is 0 Å². The van der Waals surface area contributed by atoms with Crippen molar-refractivity contribution in [1.82, 2.24) is 0 Å². The molecule has 0 amide bonds. The standard InChI is InChI=1S/C25H27NO10/c1-12(27)34-10-16-22(25(28)33-5)21(13-6-19(30-2)24(32-4)20(7-13)31-3)14-8-17-18(36-11-35-17)9-15(14)23(16)26-29/h6-9,16,21-22,29H,10-11H2,1-5H3/b26-23-/t16-,21+,22+/m0/s1. The second-order valence-electron chi connectivity index (χ2n) is 8.17. The molecule has 36 heavy (non-hydrogen) atoms. The van der Waals surface area contributed by atoms with Crippen molar-refractivity contribution in [3.63, 3.8) is 0 Å². The highest BCUT2D eigenvalue weighted by atomic mass is 16.7. The molecule has 1 heterocycles. The lowest BCUT2D eigenvalue weighted by atomic mass is 9.65. The van der Waals surface area contributed by atoms with Gasteiger partial charge in [-0.05, 0) is 35.4 Å². The molecule has 0 bridgehead atoms. The Bertz CT molecular complexity index is 1180. The molecule has 1 aliphatic heterocycles. The van der Waals surface area contributed by atoms with Gasteiger partial charge in [-0.1, -0.05) is 5.16 Å². The summed E-state index contributed by atoms with van der Waals surface area (Å²) in [5.74, 6) is -1.50. The molecule has 0 spiro atoms. The van der Waals surface area contributed by atoms with Crippen LogP contribution in [0.2, 0.25) is 0 Å². The van der Waals surface area contributed by atoms with E-state index in [2.05, 4.69) is 5.16 Å². The average molecular weight is 501 g/mol. The summed E-state index contributed by atoms with van der Waals surface area (Å²) in [5, 5.41) is 13.6. The van der Waals surface area contributed by atoms with Crippen LogP contribution in [0.3, 0.4) is 0 Å². The van der Waals surface area contributed by atoms with Crippen LogP contribution in [0.1, 0.15) is 29.5 Å². The number of rotatable bonds is 7. The molecule has 11 nitrogen and oxygen atoms in total. The Balaban J connectivity index is 2.02. The number of nitrogens with zero attached hydrogens (tertiary/aromatic N) is 1. The largest absolute Gasteiger partial charge is 0.493 e. The Morgan fingerprint density at radius 1 is 1.00 bits per heavy atom. The van der Waals surface area contributed by atoms with E-state index >= 15 is 0 Å². The summed E-state index contributed by atoms with van der Waals surface area (Å²) < 4.78 is 38.1.